The lowest BCUT2D eigenvalue weighted by atomic mass is 10.1. The highest BCUT2D eigenvalue weighted by Crippen LogP contribution is 2.34. The number of hydrogen-bond acceptors (Lipinski definition) is 4. The molecule has 0 aliphatic heterocycles. The average molecular weight is 307 g/mol. The Labute approximate surface area is 128 Å². The number of methoxy groups -OCH3 is 1. The Balaban J connectivity index is 2.26. The fourth-order valence-corrected chi connectivity index (χ4v) is 3.11. The van der Waals surface area contributed by atoms with Crippen LogP contribution in [0.2, 0.25) is 0 Å². The molecule has 0 atom stereocenters. The van der Waals surface area contributed by atoms with E-state index in [-0.39, 0.29) is 5.75 Å². The highest BCUT2D eigenvalue weighted by Gasteiger charge is 2.10. The van der Waals surface area contributed by atoms with E-state index in [0.29, 0.717) is 11.8 Å². The Kier molecular flexibility index (Phi) is 4.62. The largest absolute Gasteiger partial charge is 0.504 e. The summed E-state index contributed by atoms with van der Waals surface area (Å²) < 4.78 is 5.13. The molecule has 106 valence electrons. The Morgan fingerprint density at radius 2 is 2.05 bits per heavy atom. The molecule has 1 aromatic heterocycles. The van der Waals surface area contributed by atoms with Crippen LogP contribution in [0.1, 0.15) is 18.7 Å². The number of aromatic hydroxyl groups is 1. The third-order valence-electron chi connectivity index (χ3n) is 2.71. The summed E-state index contributed by atoms with van der Waals surface area (Å²) >= 11 is 6.98. The molecule has 0 spiro atoms. The molecule has 0 fully saturated rings. The third kappa shape index (κ3) is 3.29. The summed E-state index contributed by atoms with van der Waals surface area (Å²) in [6.07, 6.45) is 0. The first-order chi connectivity index (χ1) is 9.51. The maximum Gasteiger partial charge on any atom is 0.161 e. The molecule has 0 unspecified atom stereocenters. The number of benzene rings is 1. The van der Waals surface area contributed by atoms with Gasteiger partial charge in [-0.3, -0.25) is 0 Å². The van der Waals surface area contributed by atoms with Gasteiger partial charge in [-0.2, -0.15) is 0 Å². The number of nitrogens with one attached hydrogen (secondary N) is 1. The van der Waals surface area contributed by atoms with Crippen molar-refractivity contribution >= 4 is 28.5 Å². The van der Waals surface area contributed by atoms with Gasteiger partial charge in [0.2, 0.25) is 0 Å². The molecule has 0 aliphatic carbocycles. The fraction of sp³-hybridized carbons (Fsp3) is 0.267. The van der Waals surface area contributed by atoms with E-state index in [9.17, 15) is 5.11 Å². The van der Waals surface area contributed by atoms with Crippen LogP contribution in [-0.2, 0) is 0 Å². The minimum Gasteiger partial charge on any atom is -0.504 e. The van der Waals surface area contributed by atoms with E-state index in [1.165, 1.54) is 0 Å². The number of ether oxygens (including phenoxy) is 1. The topological polar surface area (TPSA) is 41.5 Å². The van der Waals surface area contributed by atoms with Crippen LogP contribution in [0.25, 0.3) is 10.4 Å². The van der Waals surface area contributed by atoms with Crippen molar-refractivity contribution in [3.8, 4) is 21.9 Å². The summed E-state index contributed by atoms with van der Waals surface area (Å²) in [5, 5.41) is 12.9. The van der Waals surface area contributed by atoms with Gasteiger partial charge in [-0.15, -0.1) is 11.3 Å². The quantitative estimate of drug-likeness (QED) is 0.843. The summed E-state index contributed by atoms with van der Waals surface area (Å²) in [6.45, 7) is 4.12. The van der Waals surface area contributed by atoms with Crippen LogP contribution in [0, 0.1) is 0 Å². The minimum absolute atomic E-state index is 0.144. The van der Waals surface area contributed by atoms with Crippen molar-refractivity contribution in [2.24, 2.45) is 0 Å². The highest BCUT2D eigenvalue weighted by molar-refractivity contribution is 7.81. The first kappa shape index (κ1) is 14.8. The number of phenolic OH excluding ortho intramolecular Hbond substituents is 1. The number of thiophene rings is 1. The number of phenols is 1. The standard InChI is InChI=1S/C15H17NO2S2/c1-9(2)16-15(19)14-7-6-13(20-14)10-4-5-11(17)12(8-10)18-3/h4-9,17H,1-3H3,(H,16,19). The number of rotatable bonds is 4. The predicted molar refractivity (Wildman–Crippen MR) is 87.9 cm³/mol. The van der Waals surface area contributed by atoms with Crippen molar-refractivity contribution < 1.29 is 9.84 Å². The van der Waals surface area contributed by atoms with Crippen LogP contribution >= 0.6 is 23.6 Å². The zero-order chi connectivity index (χ0) is 14.7. The lowest BCUT2D eigenvalue weighted by molar-refractivity contribution is 0.373. The van der Waals surface area contributed by atoms with E-state index in [0.717, 1.165) is 20.3 Å². The maximum atomic E-state index is 9.62. The van der Waals surface area contributed by atoms with Crippen LogP contribution in [0.5, 0.6) is 11.5 Å². The SMILES string of the molecule is COc1cc(-c2ccc(C(=S)NC(C)C)s2)ccc1O. The molecule has 2 rings (SSSR count). The molecular formula is C15H17NO2S2. The van der Waals surface area contributed by atoms with Crippen LogP contribution in [0.15, 0.2) is 30.3 Å². The molecule has 0 bridgehead atoms. The van der Waals surface area contributed by atoms with E-state index in [1.54, 1.807) is 24.5 Å². The van der Waals surface area contributed by atoms with Gasteiger partial charge in [-0.05, 0) is 49.7 Å². The van der Waals surface area contributed by atoms with Crippen molar-refractivity contribution in [1.82, 2.24) is 5.32 Å². The molecule has 20 heavy (non-hydrogen) atoms. The summed E-state index contributed by atoms with van der Waals surface area (Å²) in [4.78, 5) is 2.89. The third-order valence-corrected chi connectivity index (χ3v) is 4.33. The second kappa shape index (κ2) is 6.24. The van der Waals surface area contributed by atoms with Crippen molar-refractivity contribution in [3.63, 3.8) is 0 Å². The first-order valence-electron chi connectivity index (χ1n) is 6.29. The maximum absolute atomic E-state index is 9.62. The first-order valence-corrected chi connectivity index (χ1v) is 7.52. The van der Waals surface area contributed by atoms with Gasteiger partial charge in [-0.1, -0.05) is 12.2 Å². The second-order valence-electron chi connectivity index (χ2n) is 4.68. The van der Waals surface area contributed by atoms with Gasteiger partial charge in [0.05, 0.1) is 12.0 Å². The molecule has 0 saturated heterocycles. The smallest absolute Gasteiger partial charge is 0.161 e. The molecule has 1 aromatic carbocycles. The van der Waals surface area contributed by atoms with Crippen LogP contribution < -0.4 is 10.1 Å². The van der Waals surface area contributed by atoms with E-state index < -0.39 is 0 Å². The molecule has 0 amide bonds. The average Bonchev–Trinajstić information content (AvgIpc) is 2.88. The Hall–Kier alpha value is -1.59. The van der Waals surface area contributed by atoms with Crippen LogP contribution in [0.3, 0.4) is 0 Å². The van der Waals surface area contributed by atoms with Gasteiger partial charge in [-0.25, -0.2) is 0 Å². The minimum atomic E-state index is 0.144. The molecule has 0 saturated carbocycles. The summed E-state index contributed by atoms with van der Waals surface area (Å²) in [7, 11) is 1.54. The van der Waals surface area contributed by atoms with Crippen molar-refractivity contribution in [2.45, 2.75) is 19.9 Å². The van der Waals surface area contributed by atoms with E-state index in [4.69, 9.17) is 17.0 Å². The molecule has 3 nitrogen and oxygen atoms in total. The summed E-state index contributed by atoms with van der Waals surface area (Å²) in [5.74, 6) is 0.616. The fourth-order valence-electron chi connectivity index (χ4n) is 1.78. The summed E-state index contributed by atoms with van der Waals surface area (Å²) in [6, 6.07) is 9.69. The Morgan fingerprint density at radius 1 is 1.30 bits per heavy atom. The van der Waals surface area contributed by atoms with Gasteiger partial charge in [0, 0.05) is 10.9 Å². The number of hydrogen-bond donors (Lipinski definition) is 2. The van der Waals surface area contributed by atoms with Crippen molar-refractivity contribution in [3.05, 3.63) is 35.2 Å². The number of thiocarbonyl (C=S) groups is 1. The van der Waals surface area contributed by atoms with Crippen LogP contribution in [-0.4, -0.2) is 23.2 Å². The molecule has 1 heterocycles. The highest BCUT2D eigenvalue weighted by atomic mass is 32.1. The molecule has 0 aliphatic rings. The molecule has 0 radical (unpaired) electrons. The van der Waals surface area contributed by atoms with Gasteiger partial charge in [0.25, 0.3) is 0 Å². The van der Waals surface area contributed by atoms with Crippen molar-refractivity contribution in [1.29, 1.82) is 0 Å². The molecular weight excluding hydrogens is 290 g/mol. The van der Waals surface area contributed by atoms with E-state index in [2.05, 4.69) is 19.2 Å². The second-order valence-corrected chi connectivity index (χ2v) is 6.17. The van der Waals surface area contributed by atoms with Gasteiger partial charge in [0.15, 0.2) is 11.5 Å². The predicted octanol–water partition coefficient (Wildman–Crippen LogP) is 3.80. The van der Waals surface area contributed by atoms with Gasteiger partial charge < -0.3 is 15.2 Å². The molecule has 2 N–H and O–H groups in total. The van der Waals surface area contributed by atoms with E-state index >= 15 is 0 Å². The Morgan fingerprint density at radius 3 is 2.70 bits per heavy atom. The summed E-state index contributed by atoms with van der Waals surface area (Å²) in [5.41, 5.74) is 1.00. The van der Waals surface area contributed by atoms with Crippen LogP contribution in [0.4, 0.5) is 0 Å². The molecule has 2 aromatic rings. The molecule has 5 heteroatoms. The van der Waals surface area contributed by atoms with Gasteiger partial charge >= 0.3 is 0 Å². The van der Waals surface area contributed by atoms with E-state index in [1.807, 2.05) is 24.3 Å². The Bertz CT molecular complexity index is 620. The normalized spacial score (nSPS) is 10.6. The van der Waals surface area contributed by atoms with Gasteiger partial charge in [0.1, 0.15) is 4.99 Å². The lowest BCUT2D eigenvalue weighted by Crippen LogP contribution is -2.28. The zero-order valence-electron chi connectivity index (χ0n) is 11.6. The monoisotopic (exact) mass is 307 g/mol. The zero-order valence-corrected chi connectivity index (χ0v) is 13.3. The lowest BCUT2D eigenvalue weighted by Gasteiger charge is -2.09. The van der Waals surface area contributed by atoms with Crippen molar-refractivity contribution in [2.75, 3.05) is 7.11 Å².